The van der Waals surface area contributed by atoms with Crippen LogP contribution in [0.2, 0.25) is 10.0 Å². The van der Waals surface area contributed by atoms with Gasteiger partial charge < -0.3 is 25.2 Å². The van der Waals surface area contributed by atoms with E-state index in [1.165, 1.54) is 24.7 Å². The van der Waals surface area contributed by atoms with Crippen LogP contribution >= 0.6 is 45.9 Å². The number of hydrogen-bond donors (Lipinski definition) is 3. The van der Waals surface area contributed by atoms with Gasteiger partial charge in [-0.2, -0.15) is 9.97 Å². The molecule has 63 heavy (non-hydrogen) atoms. The van der Waals surface area contributed by atoms with Crippen molar-refractivity contribution in [2.24, 2.45) is 5.73 Å². The third-order valence-corrected chi connectivity index (χ3v) is 11.6. The zero-order chi connectivity index (χ0) is 45.3. The number of carboxylic acid groups (broad SMARTS) is 1. The maximum atomic E-state index is 12.7. The molecule has 1 amide bonds. The summed E-state index contributed by atoms with van der Waals surface area (Å²) < 4.78 is 9.78. The van der Waals surface area contributed by atoms with Crippen LogP contribution in [0.4, 0.5) is 0 Å². The van der Waals surface area contributed by atoms with Gasteiger partial charge in [-0.05, 0) is 36.4 Å². The van der Waals surface area contributed by atoms with Gasteiger partial charge in [-0.1, -0.05) is 85.5 Å². The second-order valence-electron chi connectivity index (χ2n) is 15.2. The molecule has 0 aliphatic heterocycles. The highest BCUT2D eigenvalue weighted by atomic mass is 35.5. The Morgan fingerprint density at radius 3 is 1.54 bits per heavy atom. The third-order valence-electron chi connectivity index (χ3n) is 9.34. The molecule has 19 heteroatoms. The minimum absolute atomic E-state index is 0.0683. The van der Waals surface area contributed by atoms with Crippen molar-refractivity contribution in [1.29, 1.82) is 0 Å². The number of aromatic carboxylic acids is 1. The molecule has 6 aromatic heterocycles. The number of thiazole rings is 2. The summed E-state index contributed by atoms with van der Waals surface area (Å²) in [6, 6.07) is 18.5. The van der Waals surface area contributed by atoms with Crippen LogP contribution < -0.4 is 11.1 Å². The Hall–Kier alpha value is -6.24. The number of carbonyl (C=O) groups excluding carboxylic acids is 1. The van der Waals surface area contributed by atoms with Crippen molar-refractivity contribution in [1.82, 2.24) is 45.5 Å². The minimum Gasteiger partial charge on any atom is -0.478 e. The van der Waals surface area contributed by atoms with Gasteiger partial charge in [0.1, 0.15) is 10.0 Å². The van der Waals surface area contributed by atoms with Gasteiger partial charge in [0.2, 0.25) is 23.4 Å². The number of nitrogens with zero attached hydrogens (tertiary/aromatic N) is 8. The Kier molecular flexibility index (Phi) is 14.9. The van der Waals surface area contributed by atoms with Gasteiger partial charge in [-0.3, -0.25) is 14.8 Å². The number of carbonyl (C=O) groups is 2. The quantitative estimate of drug-likeness (QED) is 0.110. The van der Waals surface area contributed by atoms with Gasteiger partial charge in [-0.15, -0.1) is 22.7 Å². The summed E-state index contributed by atoms with van der Waals surface area (Å²) in [4.78, 5) is 48.9. The zero-order valence-corrected chi connectivity index (χ0v) is 38.1. The van der Waals surface area contributed by atoms with Gasteiger partial charge in [0.05, 0.1) is 22.5 Å². The molecule has 15 nitrogen and oxygen atoms in total. The van der Waals surface area contributed by atoms with Crippen LogP contribution in [0.1, 0.15) is 71.6 Å². The molecular formula is C44H42Cl2N10O5S2. The normalized spacial score (nSPS) is 11.3. The number of benzene rings is 2. The van der Waals surface area contributed by atoms with Gasteiger partial charge in [0.15, 0.2) is 0 Å². The smallest absolute Gasteiger partial charge is 0.337 e. The molecule has 0 saturated heterocycles. The standard InChI is InChI=1S/C22H20ClN5O2S.C13H15ClN2S.C9H7N3O3/c1-13-26-19(28-30-13)15-8-16(10-24-9-15)20(29)25-12-22(2,3)18-11-31-21(27-18)14-4-6-17(23)7-5-14;1-13(2,8-15)11-7-17-12(16-11)9-3-5-10(14)6-4-9;1-5-11-8(12-15-5)6-2-7(9(13)14)4-10-3-6/h4-11H,12H2,1-3H3,(H,25,29);3-7H,8,15H2,1-2H3;2-4H,1H3,(H,13,14). The first kappa shape index (κ1) is 46.3. The fourth-order valence-electron chi connectivity index (χ4n) is 5.42. The molecule has 0 radical (unpaired) electrons. The highest BCUT2D eigenvalue weighted by molar-refractivity contribution is 7.13. The van der Waals surface area contributed by atoms with Crippen molar-refractivity contribution in [2.75, 3.05) is 13.1 Å². The lowest BCUT2D eigenvalue weighted by atomic mass is 9.90. The van der Waals surface area contributed by atoms with Crippen molar-refractivity contribution < 1.29 is 23.7 Å². The number of carboxylic acids is 1. The molecule has 0 aliphatic rings. The lowest BCUT2D eigenvalue weighted by Gasteiger charge is -2.23. The molecule has 8 aromatic rings. The van der Waals surface area contributed by atoms with E-state index in [-0.39, 0.29) is 22.3 Å². The molecule has 2 aromatic carbocycles. The highest BCUT2D eigenvalue weighted by Crippen LogP contribution is 2.32. The number of hydrogen-bond acceptors (Lipinski definition) is 15. The predicted molar refractivity (Wildman–Crippen MR) is 244 cm³/mol. The van der Waals surface area contributed by atoms with Gasteiger partial charge in [0.25, 0.3) is 5.91 Å². The molecule has 324 valence electrons. The summed E-state index contributed by atoms with van der Waals surface area (Å²) in [5, 5.41) is 26.7. The van der Waals surface area contributed by atoms with E-state index in [9.17, 15) is 9.59 Å². The second kappa shape index (κ2) is 20.3. The second-order valence-corrected chi connectivity index (χ2v) is 17.8. The van der Waals surface area contributed by atoms with E-state index in [1.807, 2.05) is 67.8 Å². The Balaban J connectivity index is 0.000000174. The highest BCUT2D eigenvalue weighted by Gasteiger charge is 2.26. The largest absolute Gasteiger partial charge is 0.478 e. The third kappa shape index (κ3) is 12.2. The number of aryl methyl sites for hydroxylation is 2. The molecule has 0 spiro atoms. The maximum absolute atomic E-state index is 12.7. The van der Waals surface area contributed by atoms with E-state index in [4.69, 9.17) is 48.1 Å². The van der Waals surface area contributed by atoms with Crippen LogP contribution in [0.15, 0.2) is 105 Å². The van der Waals surface area contributed by atoms with Crippen LogP contribution in [0.5, 0.6) is 0 Å². The van der Waals surface area contributed by atoms with E-state index < -0.39 is 5.97 Å². The van der Waals surface area contributed by atoms with Gasteiger partial charge in [0, 0.05) is 106 Å². The van der Waals surface area contributed by atoms with Crippen molar-refractivity contribution in [2.45, 2.75) is 52.4 Å². The average molecular weight is 926 g/mol. The molecule has 0 saturated carbocycles. The van der Waals surface area contributed by atoms with Gasteiger partial charge in [-0.25, -0.2) is 14.8 Å². The zero-order valence-electron chi connectivity index (χ0n) is 35.0. The van der Waals surface area contributed by atoms with Crippen molar-refractivity contribution in [3.63, 3.8) is 0 Å². The predicted octanol–water partition coefficient (Wildman–Crippen LogP) is 9.76. The summed E-state index contributed by atoms with van der Waals surface area (Å²) >= 11 is 15.0. The average Bonchev–Trinajstić information content (AvgIpc) is 4.13. The van der Waals surface area contributed by atoms with Crippen molar-refractivity contribution >= 4 is 57.8 Å². The number of nitrogens with one attached hydrogen (secondary N) is 1. The molecule has 4 N–H and O–H groups in total. The number of nitrogens with two attached hydrogens (primary N) is 1. The molecule has 0 atom stereocenters. The first-order valence-electron chi connectivity index (χ1n) is 19.2. The van der Waals surface area contributed by atoms with Crippen LogP contribution in [-0.4, -0.2) is 70.3 Å². The first-order valence-corrected chi connectivity index (χ1v) is 21.7. The van der Waals surface area contributed by atoms with E-state index >= 15 is 0 Å². The Bertz CT molecular complexity index is 2800. The Morgan fingerprint density at radius 2 is 1.11 bits per heavy atom. The van der Waals surface area contributed by atoms with Gasteiger partial charge >= 0.3 is 5.97 Å². The fourth-order valence-corrected chi connectivity index (χ4v) is 7.70. The molecule has 0 bridgehead atoms. The van der Waals surface area contributed by atoms with E-state index in [0.717, 1.165) is 37.6 Å². The lowest BCUT2D eigenvalue weighted by Crippen LogP contribution is -2.37. The molecule has 8 rings (SSSR count). The van der Waals surface area contributed by atoms with Crippen LogP contribution in [-0.2, 0) is 10.8 Å². The van der Waals surface area contributed by atoms with E-state index in [0.29, 0.717) is 58.2 Å². The Morgan fingerprint density at radius 1 is 0.667 bits per heavy atom. The van der Waals surface area contributed by atoms with Crippen LogP contribution in [0.25, 0.3) is 43.9 Å². The summed E-state index contributed by atoms with van der Waals surface area (Å²) in [7, 11) is 0. The van der Waals surface area contributed by atoms with Crippen molar-refractivity contribution in [3.8, 4) is 43.9 Å². The monoisotopic (exact) mass is 924 g/mol. The fraction of sp³-hybridized carbons (Fsp3) is 0.227. The minimum atomic E-state index is -1.04. The summed E-state index contributed by atoms with van der Waals surface area (Å²) in [5.74, 6) is 0.346. The number of pyridine rings is 2. The first-order chi connectivity index (χ1) is 30.0. The number of amides is 1. The number of rotatable bonds is 11. The van der Waals surface area contributed by atoms with Crippen molar-refractivity contribution in [3.05, 3.63) is 141 Å². The Labute approximate surface area is 380 Å². The van der Waals surface area contributed by atoms with E-state index in [2.05, 4.69) is 59.8 Å². The number of aromatic nitrogens is 8. The molecule has 0 aliphatic carbocycles. The summed E-state index contributed by atoms with van der Waals surface area (Å²) in [5.41, 5.74) is 11.1. The van der Waals surface area contributed by atoms with E-state index in [1.54, 1.807) is 48.8 Å². The van der Waals surface area contributed by atoms with Crippen LogP contribution in [0, 0.1) is 13.8 Å². The molecule has 6 heterocycles. The maximum Gasteiger partial charge on any atom is 0.337 e. The van der Waals surface area contributed by atoms with Crippen LogP contribution in [0.3, 0.4) is 0 Å². The topological polar surface area (TPSA) is 222 Å². The summed E-state index contributed by atoms with van der Waals surface area (Å²) in [6.45, 7) is 12.7. The number of halogens is 2. The molecule has 0 unspecified atom stereocenters. The molecule has 0 fully saturated rings. The lowest BCUT2D eigenvalue weighted by molar-refractivity contribution is 0.0696. The molecular weight excluding hydrogens is 884 g/mol. The summed E-state index contributed by atoms with van der Waals surface area (Å²) in [6.07, 6.45) is 5.86. The SMILES string of the molecule is CC(C)(CN)c1csc(-c2ccc(Cl)cc2)n1.Cc1nc(-c2cncc(C(=O)NCC(C)(C)c3csc(-c4ccc(Cl)cc4)n3)c2)no1.Cc1nc(-c2cncc(C(=O)O)c2)no1.